The van der Waals surface area contributed by atoms with E-state index < -0.39 is 11.4 Å². The number of aliphatic carboxylic acids is 1. The summed E-state index contributed by atoms with van der Waals surface area (Å²) in [5.74, 6) is -1.40. The molecule has 0 heterocycles. The molecule has 0 bridgehead atoms. The van der Waals surface area contributed by atoms with Gasteiger partial charge >= 0.3 is 5.97 Å². The fraction of sp³-hybridized carbons (Fsp3) is 0.471. The van der Waals surface area contributed by atoms with Crippen LogP contribution in [0.25, 0.3) is 0 Å². The minimum Gasteiger partial charge on any atom is -0.480 e. The van der Waals surface area contributed by atoms with E-state index in [0.29, 0.717) is 18.7 Å². The molecule has 6 nitrogen and oxygen atoms in total. The molecule has 126 valence electrons. The van der Waals surface area contributed by atoms with Gasteiger partial charge in [0.1, 0.15) is 6.54 Å². The van der Waals surface area contributed by atoms with Gasteiger partial charge < -0.3 is 15.3 Å². The zero-order valence-corrected chi connectivity index (χ0v) is 14.0. The molecule has 2 amide bonds. The molecule has 0 saturated carbocycles. The van der Waals surface area contributed by atoms with Gasteiger partial charge in [-0.15, -0.1) is 0 Å². The van der Waals surface area contributed by atoms with Gasteiger partial charge in [0.25, 0.3) is 5.91 Å². The Labute approximate surface area is 136 Å². The Kier molecular flexibility index (Phi) is 6.30. The van der Waals surface area contributed by atoms with E-state index >= 15 is 0 Å². The number of nitrogens with zero attached hydrogens (tertiary/aromatic N) is 1. The molecule has 0 spiro atoms. The van der Waals surface area contributed by atoms with Gasteiger partial charge in [-0.3, -0.25) is 14.4 Å². The van der Waals surface area contributed by atoms with Crippen LogP contribution in [0.1, 0.15) is 43.6 Å². The molecule has 1 aromatic carbocycles. The Hall–Kier alpha value is -2.37. The zero-order chi connectivity index (χ0) is 17.6. The van der Waals surface area contributed by atoms with Crippen molar-refractivity contribution < 1.29 is 19.5 Å². The van der Waals surface area contributed by atoms with Crippen molar-refractivity contribution in [3.8, 4) is 0 Å². The van der Waals surface area contributed by atoms with E-state index in [1.54, 1.807) is 31.2 Å². The van der Waals surface area contributed by atoms with Crippen molar-refractivity contribution in [2.45, 2.75) is 34.2 Å². The van der Waals surface area contributed by atoms with Gasteiger partial charge in [0.2, 0.25) is 5.91 Å². The number of amides is 2. The maximum absolute atomic E-state index is 12.2. The maximum Gasteiger partial charge on any atom is 0.323 e. The van der Waals surface area contributed by atoms with Crippen molar-refractivity contribution in [3.05, 3.63) is 35.4 Å². The fourth-order valence-corrected chi connectivity index (χ4v) is 1.89. The van der Waals surface area contributed by atoms with Crippen molar-refractivity contribution in [2.24, 2.45) is 5.41 Å². The number of nitrogens with one attached hydrogen (secondary N) is 1. The molecule has 1 rings (SSSR count). The summed E-state index contributed by atoms with van der Waals surface area (Å²) < 4.78 is 0. The van der Waals surface area contributed by atoms with Gasteiger partial charge in [0.05, 0.1) is 0 Å². The molecule has 0 unspecified atom stereocenters. The SMILES string of the molecule is CCN(CC(=O)O)C(=O)c1ccc(CNC(=O)C(C)(C)C)cc1. The number of carboxylic acid groups (broad SMARTS) is 1. The number of hydrogen-bond donors (Lipinski definition) is 2. The lowest BCUT2D eigenvalue weighted by Crippen LogP contribution is -2.35. The molecule has 0 aliphatic rings. The number of likely N-dealkylation sites (N-methyl/N-ethyl adjacent to an activating group) is 1. The van der Waals surface area contributed by atoms with Crippen molar-refractivity contribution in [2.75, 3.05) is 13.1 Å². The predicted molar refractivity (Wildman–Crippen MR) is 87.0 cm³/mol. The average molecular weight is 320 g/mol. The van der Waals surface area contributed by atoms with E-state index in [9.17, 15) is 14.4 Å². The number of carbonyl (C=O) groups is 3. The molecule has 0 atom stereocenters. The third kappa shape index (κ3) is 5.73. The van der Waals surface area contributed by atoms with Crippen LogP contribution < -0.4 is 5.32 Å². The third-order valence-corrected chi connectivity index (χ3v) is 3.33. The molecule has 0 aromatic heterocycles. The van der Waals surface area contributed by atoms with Crippen LogP contribution in [-0.4, -0.2) is 40.9 Å². The fourth-order valence-electron chi connectivity index (χ4n) is 1.89. The topological polar surface area (TPSA) is 86.7 Å². The first kappa shape index (κ1) is 18.7. The highest BCUT2D eigenvalue weighted by atomic mass is 16.4. The Bertz CT molecular complexity index is 573. The van der Waals surface area contributed by atoms with Gasteiger partial charge in [-0.2, -0.15) is 0 Å². The lowest BCUT2D eigenvalue weighted by molar-refractivity contribution is -0.137. The molecule has 0 aliphatic heterocycles. The molecule has 23 heavy (non-hydrogen) atoms. The Morgan fingerprint density at radius 2 is 1.70 bits per heavy atom. The molecule has 2 N–H and O–H groups in total. The number of hydrogen-bond acceptors (Lipinski definition) is 3. The van der Waals surface area contributed by atoms with Crippen LogP contribution in [0.3, 0.4) is 0 Å². The molecule has 0 aliphatic carbocycles. The van der Waals surface area contributed by atoms with Crippen LogP contribution in [-0.2, 0) is 16.1 Å². The van der Waals surface area contributed by atoms with Crippen molar-refractivity contribution in [1.29, 1.82) is 0 Å². The van der Waals surface area contributed by atoms with E-state index in [1.165, 1.54) is 4.90 Å². The number of carboxylic acids is 1. The summed E-state index contributed by atoms with van der Waals surface area (Å²) in [5, 5.41) is 11.6. The lowest BCUT2D eigenvalue weighted by atomic mass is 9.95. The molecule has 1 aromatic rings. The lowest BCUT2D eigenvalue weighted by Gasteiger charge is -2.19. The summed E-state index contributed by atoms with van der Waals surface area (Å²) in [4.78, 5) is 36.0. The van der Waals surface area contributed by atoms with Gasteiger partial charge in [-0.25, -0.2) is 0 Å². The Morgan fingerprint density at radius 1 is 1.13 bits per heavy atom. The minimum atomic E-state index is -1.04. The number of benzene rings is 1. The van der Waals surface area contributed by atoms with Gasteiger partial charge in [0.15, 0.2) is 0 Å². The minimum absolute atomic E-state index is 0.0451. The molecular formula is C17H24N2O4. The summed E-state index contributed by atoms with van der Waals surface area (Å²) in [7, 11) is 0. The standard InChI is InChI=1S/C17H24N2O4/c1-5-19(11-14(20)21)15(22)13-8-6-12(7-9-13)10-18-16(23)17(2,3)4/h6-9H,5,10-11H2,1-4H3,(H,18,23)(H,20,21). The van der Waals surface area contributed by atoms with Crippen LogP contribution in [0.2, 0.25) is 0 Å². The first-order valence-electron chi connectivity index (χ1n) is 7.53. The molecule has 6 heteroatoms. The number of rotatable bonds is 6. The Balaban J connectivity index is 2.71. The predicted octanol–water partition coefficient (Wildman–Crippen LogP) is 1.90. The number of carbonyl (C=O) groups excluding carboxylic acids is 2. The van der Waals surface area contributed by atoms with Crippen molar-refractivity contribution in [1.82, 2.24) is 10.2 Å². The maximum atomic E-state index is 12.2. The van der Waals surface area contributed by atoms with E-state index in [2.05, 4.69) is 5.32 Å². The second-order valence-corrected chi connectivity index (χ2v) is 6.34. The van der Waals surface area contributed by atoms with Crippen LogP contribution in [0.5, 0.6) is 0 Å². The van der Waals surface area contributed by atoms with Crippen molar-refractivity contribution >= 4 is 17.8 Å². The molecule has 0 fully saturated rings. The summed E-state index contributed by atoms with van der Waals surface area (Å²) in [6.45, 7) is 7.64. The largest absolute Gasteiger partial charge is 0.480 e. The van der Waals surface area contributed by atoms with E-state index in [4.69, 9.17) is 5.11 Å². The normalized spacial score (nSPS) is 11.0. The summed E-state index contributed by atoms with van der Waals surface area (Å²) in [6, 6.07) is 6.80. The van der Waals surface area contributed by atoms with E-state index in [0.717, 1.165) is 5.56 Å². The van der Waals surface area contributed by atoms with Gasteiger partial charge in [0, 0.05) is 24.1 Å². The van der Waals surface area contributed by atoms with Crippen LogP contribution in [0.15, 0.2) is 24.3 Å². The average Bonchev–Trinajstić information content (AvgIpc) is 2.48. The summed E-state index contributed by atoms with van der Waals surface area (Å²) >= 11 is 0. The highest BCUT2D eigenvalue weighted by Crippen LogP contribution is 2.13. The quantitative estimate of drug-likeness (QED) is 0.838. The van der Waals surface area contributed by atoms with Crippen LogP contribution in [0, 0.1) is 5.41 Å². The Morgan fingerprint density at radius 3 is 2.13 bits per heavy atom. The first-order valence-corrected chi connectivity index (χ1v) is 7.53. The van der Waals surface area contributed by atoms with Crippen LogP contribution in [0.4, 0.5) is 0 Å². The second-order valence-electron chi connectivity index (χ2n) is 6.34. The van der Waals surface area contributed by atoms with Gasteiger partial charge in [-0.05, 0) is 24.6 Å². The zero-order valence-electron chi connectivity index (χ0n) is 14.0. The molecule has 0 saturated heterocycles. The summed E-state index contributed by atoms with van der Waals surface area (Å²) in [5.41, 5.74) is 0.855. The summed E-state index contributed by atoms with van der Waals surface area (Å²) in [6.07, 6.45) is 0. The highest BCUT2D eigenvalue weighted by molar-refractivity contribution is 5.95. The highest BCUT2D eigenvalue weighted by Gasteiger charge is 2.20. The monoisotopic (exact) mass is 320 g/mol. The second kappa shape index (κ2) is 7.76. The van der Waals surface area contributed by atoms with E-state index in [-0.39, 0.29) is 18.4 Å². The van der Waals surface area contributed by atoms with Crippen LogP contribution >= 0.6 is 0 Å². The molecular weight excluding hydrogens is 296 g/mol. The van der Waals surface area contributed by atoms with Crippen molar-refractivity contribution in [3.63, 3.8) is 0 Å². The first-order chi connectivity index (χ1) is 10.6. The third-order valence-electron chi connectivity index (χ3n) is 3.33. The smallest absolute Gasteiger partial charge is 0.323 e. The van der Waals surface area contributed by atoms with E-state index in [1.807, 2.05) is 20.8 Å². The molecule has 0 radical (unpaired) electrons. The van der Waals surface area contributed by atoms with Gasteiger partial charge in [-0.1, -0.05) is 32.9 Å².